The van der Waals surface area contributed by atoms with Gasteiger partial charge >= 0.3 is 6.09 Å². The Labute approximate surface area is 494 Å². The lowest BCUT2D eigenvalue weighted by atomic mass is 9.47. The van der Waals surface area contributed by atoms with Crippen LogP contribution in [0, 0.1) is 46.3 Å². The van der Waals surface area contributed by atoms with E-state index in [1.54, 1.807) is 5.57 Å². The summed E-state index contributed by atoms with van der Waals surface area (Å²) < 4.78 is 94.2. The van der Waals surface area contributed by atoms with Gasteiger partial charge in [0.2, 0.25) is 0 Å². The Kier molecular flexibility index (Phi) is 42.1. The van der Waals surface area contributed by atoms with Crippen LogP contribution in [-0.2, 0) is 80.5 Å². The van der Waals surface area contributed by atoms with Crippen LogP contribution in [-0.4, -0.2) is 237 Å². The minimum absolute atomic E-state index is 0.0564. The van der Waals surface area contributed by atoms with E-state index >= 15 is 0 Å². The maximum atomic E-state index is 12.8. The van der Waals surface area contributed by atoms with Gasteiger partial charge in [0.05, 0.1) is 211 Å². The summed E-state index contributed by atoms with van der Waals surface area (Å²) in [5.74, 6) is 4.95. The molecule has 20 heteroatoms. The lowest BCUT2D eigenvalue weighted by Gasteiger charge is -2.58. The molecular formula is C62H116N2O18. The molecule has 482 valence electrons. The molecule has 20 nitrogen and oxygen atoms in total. The molecule has 3 saturated carbocycles. The molecule has 8 atom stereocenters. The van der Waals surface area contributed by atoms with Crippen molar-refractivity contribution in [3.63, 3.8) is 0 Å². The third kappa shape index (κ3) is 31.3. The van der Waals surface area contributed by atoms with E-state index in [9.17, 15) is 4.79 Å². The van der Waals surface area contributed by atoms with Gasteiger partial charge in [0.25, 0.3) is 0 Å². The van der Waals surface area contributed by atoms with E-state index in [1.807, 2.05) is 0 Å². The van der Waals surface area contributed by atoms with Gasteiger partial charge in [0.1, 0.15) is 6.10 Å². The van der Waals surface area contributed by atoms with Crippen molar-refractivity contribution in [2.75, 3.05) is 225 Å². The highest BCUT2D eigenvalue weighted by molar-refractivity contribution is 5.67. The number of nitrogens with one attached hydrogen (secondary N) is 1. The van der Waals surface area contributed by atoms with Gasteiger partial charge in [-0.1, -0.05) is 65.5 Å². The highest BCUT2D eigenvalue weighted by Gasteiger charge is 2.59. The smallest absolute Gasteiger partial charge is 0.407 e. The Morgan fingerprint density at radius 3 is 1.24 bits per heavy atom. The number of carbonyl (C=O) groups excluding carboxylic acids is 1. The fraction of sp³-hybridized carbons (Fsp3) is 0.952. The van der Waals surface area contributed by atoms with Crippen molar-refractivity contribution >= 4 is 6.09 Å². The van der Waals surface area contributed by atoms with Crippen LogP contribution in [0.2, 0.25) is 0 Å². The first-order valence-electron chi connectivity index (χ1n) is 31.8. The van der Waals surface area contributed by atoms with Crippen molar-refractivity contribution in [1.29, 1.82) is 0 Å². The van der Waals surface area contributed by atoms with Crippen molar-refractivity contribution in [1.82, 2.24) is 5.32 Å². The maximum Gasteiger partial charge on any atom is 0.407 e. The summed E-state index contributed by atoms with van der Waals surface area (Å²) in [6.45, 7) is 29.2. The molecule has 0 spiro atoms. The minimum atomic E-state index is -0.346. The first-order chi connectivity index (χ1) is 40.2. The van der Waals surface area contributed by atoms with Crippen LogP contribution in [0.4, 0.5) is 4.79 Å². The Morgan fingerprint density at radius 1 is 0.488 bits per heavy atom. The summed E-state index contributed by atoms with van der Waals surface area (Å²) in [5.41, 5.74) is 7.64. The lowest BCUT2D eigenvalue weighted by molar-refractivity contribution is -0.0581. The normalized spacial score (nSPS) is 23.6. The number of alkyl carbamates (subject to hydrolysis) is 1. The maximum absolute atomic E-state index is 12.8. The number of fused-ring (bicyclic) bond motifs is 5. The average molecular weight is 1180 g/mol. The highest BCUT2D eigenvalue weighted by Crippen LogP contribution is 2.67. The van der Waals surface area contributed by atoms with Gasteiger partial charge in [-0.2, -0.15) is 0 Å². The summed E-state index contributed by atoms with van der Waals surface area (Å²) >= 11 is 0. The minimum Gasteiger partial charge on any atom is -0.446 e. The van der Waals surface area contributed by atoms with Gasteiger partial charge in [0, 0.05) is 19.5 Å². The van der Waals surface area contributed by atoms with Crippen LogP contribution in [0.15, 0.2) is 11.6 Å². The number of hydrogen-bond donors (Lipinski definition) is 2. The van der Waals surface area contributed by atoms with Crippen LogP contribution in [0.3, 0.4) is 0 Å². The predicted octanol–water partition coefficient (Wildman–Crippen LogP) is 7.35. The highest BCUT2D eigenvalue weighted by atomic mass is 16.6. The lowest BCUT2D eigenvalue weighted by Crippen LogP contribution is -2.51. The predicted molar refractivity (Wildman–Crippen MR) is 313 cm³/mol. The second-order valence-electron chi connectivity index (χ2n) is 23.1. The topological polar surface area (TPSA) is 212 Å². The molecule has 4 aliphatic rings. The van der Waals surface area contributed by atoms with Crippen LogP contribution in [0.25, 0.3) is 0 Å². The standard InChI is InChI=1S/C62H116N2O18/c1-52(2)7-6-8-53(3)57-11-12-58-56-10-9-54-51-55(13-15-61(54,4)59(56)14-16-62(57,58)5)82-60(65)64-18-20-67-22-24-69-26-28-71-30-32-73-34-36-75-38-40-77-42-44-79-46-48-81-50-49-80-47-45-78-43-41-76-39-37-74-35-33-72-31-29-70-27-25-68-23-21-66-19-17-63/h9,52-53,55-59H,6-8,10-51,63H2,1-5H3,(H,64,65)/t53-,55+,56?,57?,58?,59?,61+,62-/m1/s1. The number of amides is 1. The number of carbonyl (C=O) groups is 1. The largest absolute Gasteiger partial charge is 0.446 e. The molecule has 4 aliphatic carbocycles. The zero-order valence-electron chi connectivity index (χ0n) is 51.9. The van der Waals surface area contributed by atoms with Gasteiger partial charge in [-0.3, -0.25) is 0 Å². The van der Waals surface area contributed by atoms with Crippen molar-refractivity contribution < 1.29 is 85.3 Å². The fourth-order valence-electron chi connectivity index (χ4n) is 12.7. The van der Waals surface area contributed by atoms with Crippen molar-refractivity contribution in [3.8, 4) is 0 Å². The summed E-state index contributed by atoms with van der Waals surface area (Å²) in [6, 6.07) is 0. The van der Waals surface area contributed by atoms with Gasteiger partial charge in [0.15, 0.2) is 0 Å². The molecule has 0 bridgehead atoms. The van der Waals surface area contributed by atoms with Gasteiger partial charge < -0.3 is 91.6 Å². The Bertz CT molecular complexity index is 1550. The molecule has 4 unspecified atom stereocenters. The summed E-state index contributed by atoms with van der Waals surface area (Å²) in [4.78, 5) is 12.8. The zero-order chi connectivity index (χ0) is 58.5. The molecule has 3 fully saturated rings. The van der Waals surface area contributed by atoms with E-state index in [1.165, 1.54) is 51.4 Å². The molecule has 0 aromatic rings. The first kappa shape index (κ1) is 72.8. The molecular weight excluding hydrogens is 1060 g/mol. The van der Waals surface area contributed by atoms with Crippen LogP contribution in [0.5, 0.6) is 0 Å². The number of ether oxygens (including phenoxy) is 17. The summed E-state index contributed by atoms with van der Waals surface area (Å²) in [5, 5.41) is 2.89. The molecule has 4 rings (SSSR count). The Balaban J connectivity index is 0.787. The molecule has 0 radical (unpaired) electrons. The SMILES string of the molecule is CC(C)CCC[C@@H](C)C1CCC2C3CC=C4C[C@@H](OC(=O)NCCOCCOCCOCCOCCOCCOCCOCCOCCOCCOCCOCCOCCOCCOCCOCCOCCN)CC[C@]4(C)C3CC[C@@]21C. The fourth-order valence-corrected chi connectivity index (χ4v) is 12.7. The van der Waals surface area contributed by atoms with Crippen molar-refractivity contribution in [2.45, 2.75) is 111 Å². The molecule has 0 heterocycles. The second-order valence-corrected chi connectivity index (χ2v) is 23.1. The third-order valence-electron chi connectivity index (χ3n) is 16.9. The van der Waals surface area contributed by atoms with E-state index in [0.29, 0.717) is 230 Å². The average Bonchev–Trinajstić information content (AvgIpc) is 4.03. The molecule has 0 aromatic carbocycles. The van der Waals surface area contributed by atoms with E-state index in [-0.39, 0.29) is 17.6 Å². The number of hydrogen-bond acceptors (Lipinski definition) is 19. The Morgan fingerprint density at radius 2 is 0.866 bits per heavy atom. The van der Waals surface area contributed by atoms with E-state index < -0.39 is 0 Å². The monoisotopic (exact) mass is 1180 g/mol. The molecule has 3 N–H and O–H groups in total. The first-order valence-corrected chi connectivity index (χ1v) is 31.8. The molecule has 0 saturated heterocycles. The molecule has 0 aromatic heterocycles. The number of nitrogens with two attached hydrogens (primary N) is 1. The third-order valence-corrected chi connectivity index (χ3v) is 16.9. The summed E-state index contributed by atoms with van der Waals surface area (Å²) in [6.07, 6.45) is 16.0. The number of rotatable bonds is 56. The van der Waals surface area contributed by atoms with Crippen LogP contribution >= 0.6 is 0 Å². The van der Waals surface area contributed by atoms with Crippen molar-refractivity contribution in [3.05, 3.63) is 11.6 Å². The van der Waals surface area contributed by atoms with Crippen LogP contribution < -0.4 is 11.1 Å². The van der Waals surface area contributed by atoms with E-state index in [0.717, 1.165) is 54.8 Å². The zero-order valence-corrected chi connectivity index (χ0v) is 51.9. The molecule has 82 heavy (non-hydrogen) atoms. The Hall–Kier alpha value is -1.67. The van der Waals surface area contributed by atoms with E-state index in [2.05, 4.69) is 46.0 Å². The molecule has 1 amide bonds. The quantitative estimate of drug-likeness (QED) is 0.0450. The molecule has 0 aliphatic heterocycles. The van der Waals surface area contributed by atoms with Gasteiger partial charge in [-0.15, -0.1) is 0 Å². The second kappa shape index (κ2) is 47.4. The van der Waals surface area contributed by atoms with Crippen molar-refractivity contribution in [2.24, 2.45) is 52.1 Å². The number of allylic oxidation sites excluding steroid dienone is 1. The van der Waals surface area contributed by atoms with E-state index in [4.69, 9.17) is 86.3 Å². The van der Waals surface area contributed by atoms with Gasteiger partial charge in [-0.05, 0) is 91.3 Å². The van der Waals surface area contributed by atoms with Gasteiger partial charge in [-0.25, -0.2) is 4.79 Å². The van der Waals surface area contributed by atoms with Crippen LogP contribution in [0.1, 0.15) is 105 Å². The summed E-state index contributed by atoms with van der Waals surface area (Å²) in [7, 11) is 0.